The first-order chi connectivity index (χ1) is 12.7. The van der Waals surface area contributed by atoms with Crippen LogP contribution in [0, 0.1) is 0 Å². The molecule has 2 aliphatic rings. The Kier molecular flexibility index (Phi) is 3.32. The van der Waals surface area contributed by atoms with Crippen molar-refractivity contribution >= 4 is 27.9 Å². The number of hydrogen-bond acceptors (Lipinski definition) is 4. The first kappa shape index (κ1) is 15.1. The molecule has 0 amide bonds. The molecule has 0 bridgehead atoms. The summed E-state index contributed by atoms with van der Waals surface area (Å²) in [5, 5.41) is 14.3. The monoisotopic (exact) mass is 342 g/mol. The molecule has 2 heterocycles. The van der Waals surface area contributed by atoms with Crippen LogP contribution < -0.4 is 5.32 Å². The molecule has 0 saturated carbocycles. The van der Waals surface area contributed by atoms with Gasteiger partial charge in [-0.2, -0.15) is 0 Å². The van der Waals surface area contributed by atoms with Gasteiger partial charge >= 0.3 is 0 Å². The number of aromatic hydroxyl groups is 1. The lowest BCUT2D eigenvalue weighted by Gasteiger charge is -2.35. The Morgan fingerprint density at radius 2 is 1.88 bits per heavy atom. The van der Waals surface area contributed by atoms with Crippen molar-refractivity contribution in [1.29, 1.82) is 0 Å². The zero-order chi connectivity index (χ0) is 17.7. The fourth-order valence-corrected chi connectivity index (χ4v) is 4.20. The number of phenols is 1. The number of benzene rings is 2. The van der Waals surface area contributed by atoms with Gasteiger partial charge in [0.2, 0.25) is 0 Å². The van der Waals surface area contributed by atoms with Crippen molar-refractivity contribution in [2.45, 2.75) is 25.3 Å². The molecule has 26 heavy (non-hydrogen) atoms. The summed E-state index contributed by atoms with van der Waals surface area (Å²) in [7, 11) is 0. The van der Waals surface area contributed by atoms with Crippen LogP contribution in [0.1, 0.15) is 36.4 Å². The maximum absolute atomic E-state index is 12.9. The van der Waals surface area contributed by atoms with Crippen molar-refractivity contribution in [3.63, 3.8) is 0 Å². The number of hydrogen-bond donors (Lipinski definition) is 2. The Morgan fingerprint density at radius 1 is 1.04 bits per heavy atom. The van der Waals surface area contributed by atoms with Crippen LogP contribution in [-0.4, -0.2) is 15.9 Å². The lowest BCUT2D eigenvalue weighted by Crippen LogP contribution is -2.27. The molecule has 0 radical (unpaired) electrons. The van der Waals surface area contributed by atoms with Crippen LogP contribution in [0.25, 0.3) is 16.5 Å². The van der Waals surface area contributed by atoms with Gasteiger partial charge in [0, 0.05) is 34.8 Å². The number of anilines is 1. The minimum Gasteiger partial charge on any atom is -0.508 e. The van der Waals surface area contributed by atoms with Crippen LogP contribution in [0.15, 0.2) is 60.3 Å². The fraction of sp³-hybridized carbons (Fsp3) is 0.182. The lowest BCUT2D eigenvalue weighted by molar-refractivity contribution is -0.116. The zero-order valence-corrected chi connectivity index (χ0v) is 14.2. The van der Waals surface area contributed by atoms with Crippen LogP contribution in [-0.2, 0) is 4.79 Å². The summed E-state index contributed by atoms with van der Waals surface area (Å²) < 4.78 is 0. The van der Waals surface area contributed by atoms with E-state index in [0.717, 1.165) is 51.7 Å². The van der Waals surface area contributed by atoms with Gasteiger partial charge in [0.1, 0.15) is 5.75 Å². The highest BCUT2D eigenvalue weighted by molar-refractivity contribution is 6.12. The Balaban J connectivity index is 1.78. The molecular formula is C22H18N2O2. The molecule has 0 spiro atoms. The lowest BCUT2D eigenvalue weighted by atomic mass is 9.77. The summed E-state index contributed by atoms with van der Waals surface area (Å²) >= 11 is 0. The fourth-order valence-electron chi connectivity index (χ4n) is 4.20. The zero-order valence-electron chi connectivity index (χ0n) is 14.2. The molecule has 1 atom stereocenters. The Labute approximate surface area is 151 Å². The number of allylic oxidation sites excluding steroid dienone is 1. The van der Waals surface area contributed by atoms with Crippen LogP contribution in [0.5, 0.6) is 5.75 Å². The summed E-state index contributed by atoms with van der Waals surface area (Å²) in [4.78, 5) is 17.3. The number of carbonyl (C=O) groups excluding carboxylic acids is 1. The topological polar surface area (TPSA) is 62.2 Å². The standard InChI is InChI=1S/C22H18N2O2/c25-14-8-6-13(7-9-14)22-21-16(3-1-5-19(21)26)20-15-4-2-12-23-17(15)10-11-18(20)24-22/h2,4,6-12,22,24-25H,1,3,5H2. The third kappa shape index (κ3) is 2.22. The van der Waals surface area contributed by atoms with Crippen molar-refractivity contribution in [2.75, 3.05) is 5.32 Å². The van der Waals surface area contributed by atoms with Gasteiger partial charge in [-0.3, -0.25) is 9.78 Å². The van der Waals surface area contributed by atoms with Crippen molar-refractivity contribution in [1.82, 2.24) is 4.98 Å². The smallest absolute Gasteiger partial charge is 0.161 e. The molecule has 1 aliphatic carbocycles. The average Bonchev–Trinajstić information content (AvgIpc) is 2.68. The van der Waals surface area contributed by atoms with E-state index >= 15 is 0 Å². The van der Waals surface area contributed by atoms with Crippen molar-refractivity contribution in [3.8, 4) is 5.75 Å². The second-order valence-corrected chi connectivity index (χ2v) is 6.90. The molecule has 4 heteroatoms. The number of aromatic nitrogens is 1. The molecule has 128 valence electrons. The van der Waals surface area contributed by atoms with Gasteiger partial charge in [0.05, 0.1) is 11.6 Å². The van der Waals surface area contributed by atoms with E-state index in [0.29, 0.717) is 6.42 Å². The Morgan fingerprint density at radius 3 is 2.73 bits per heavy atom. The maximum atomic E-state index is 12.9. The number of nitrogens with zero attached hydrogens (tertiary/aromatic N) is 1. The van der Waals surface area contributed by atoms with E-state index in [1.165, 1.54) is 0 Å². The highest BCUT2D eigenvalue weighted by Gasteiger charge is 2.34. The molecule has 5 rings (SSSR count). The van der Waals surface area contributed by atoms with E-state index in [1.54, 1.807) is 18.3 Å². The normalized spacial score (nSPS) is 19.1. The van der Waals surface area contributed by atoms with Crippen LogP contribution >= 0.6 is 0 Å². The van der Waals surface area contributed by atoms with E-state index in [1.807, 2.05) is 24.3 Å². The predicted molar refractivity (Wildman–Crippen MR) is 102 cm³/mol. The number of ketones is 1. The van der Waals surface area contributed by atoms with E-state index in [2.05, 4.69) is 22.4 Å². The molecule has 2 N–H and O–H groups in total. The van der Waals surface area contributed by atoms with Crippen molar-refractivity contribution in [3.05, 3.63) is 71.4 Å². The van der Waals surface area contributed by atoms with Gasteiger partial charge in [-0.15, -0.1) is 0 Å². The number of fused-ring (bicyclic) bond motifs is 4. The molecule has 0 fully saturated rings. The maximum Gasteiger partial charge on any atom is 0.161 e. The molecule has 2 aromatic carbocycles. The molecule has 0 saturated heterocycles. The largest absolute Gasteiger partial charge is 0.508 e. The van der Waals surface area contributed by atoms with Gasteiger partial charge in [0.25, 0.3) is 0 Å². The van der Waals surface area contributed by atoms with Crippen LogP contribution in [0.2, 0.25) is 0 Å². The van der Waals surface area contributed by atoms with Crippen molar-refractivity contribution < 1.29 is 9.90 Å². The first-order valence-corrected chi connectivity index (χ1v) is 8.92. The molecule has 3 aromatic rings. The highest BCUT2D eigenvalue weighted by atomic mass is 16.3. The molecule has 1 unspecified atom stereocenters. The third-order valence-corrected chi connectivity index (χ3v) is 5.36. The summed E-state index contributed by atoms with van der Waals surface area (Å²) in [6, 6.07) is 15.0. The third-order valence-electron chi connectivity index (χ3n) is 5.36. The summed E-state index contributed by atoms with van der Waals surface area (Å²) in [5.41, 5.74) is 6.10. The van der Waals surface area contributed by atoms with Gasteiger partial charge in [-0.25, -0.2) is 0 Å². The number of nitrogens with one attached hydrogen (secondary N) is 1. The van der Waals surface area contributed by atoms with Crippen molar-refractivity contribution in [2.24, 2.45) is 0 Å². The van der Waals surface area contributed by atoms with E-state index in [4.69, 9.17) is 0 Å². The van der Waals surface area contributed by atoms with Crippen LogP contribution in [0.3, 0.4) is 0 Å². The molecule has 1 aliphatic heterocycles. The molecule has 1 aromatic heterocycles. The number of carbonyl (C=O) groups is 1. The second kappa shape index (κ2) is 5.70. The van der Waals surface area contributed by atoms with E-state index in [-0.39, 0.29) is 17.6 Å². The van der Waals surface area contributed by atoms with Gasteiger partial charge < -0.3 is 10.4 Å². The minimum absolute atomic E-state index is 0.181. The number of rotatable bonds is 1. The summed E-state index contributed by atoms with van der Waals surface area (Å²) in [6.07, 6.45) is 4.17. The SMILES string of the molecule is O=C1CCCC2=C1C(c1ccc(O)cc1)Nc1ccc3ncccc3c12. The van der Waals surface area contributed by atoms with E-state index < -0.39 is 0 Å². The molecular weight excluding hydrogens is 324 g/mol. The van der Waals surface area contributed by atoms with Gasteiger partial charge in [-0.05, 0) is 54.3 Å². The quantitative estimate of drug-likeness (QED) is 0.678. The number of pyridine rings is 1. The Hall–Kier alpha value is -3.14. The Bertz CT molecular complexity index is 1070. The summed E-state index contributed by atoms with van der Waals surface area (Å²) in [6.45, 7) is 0. The minimum atomic E-state index is -0.181. The molecule has 4 nitrogen and oxygen atoms in total. The first-order valence-electron chi connectivity index (χ1n) is 8.92. The van der Waals surface area contributed by atoms with Gasteiger partial charge in [0.15, 0.2) is 5.78 Å². The highest BCUT2D eigenvalue weighted by Crippen LogP contribution is 2.47. The number of Topliss-reactive ketones (excluding diaryl/α,β-unsaturated/α-hetero) is 1. The number of phenolic OH excluding ortho intramolecular Hbond substituents is 1. The second-order valence-electron chi connectivity index (χ2n) is 6.90. The van der Waals surface area contributed by atoms with E-state index in [9.17, 15) is 9.90 Å². The average molecular weight is 342 g/mol. The summed E-state index contributed by atoms with van der Waals surface area (Å²) in [5.74, 6) is 0.439. The van der Waals surface area contributed by atoms with Gasteiger partial charge in [-0.1, -0.05) is 18.2 Å². The predicted octanol–water partition coefficient (Wildman–Crippen LogP) is 4.61. The van der Waals surface area contributed by atoms with Crippen LogP contribution in [0.4, 0.5) is 5.69 Å².